The molecule has 4 aromatic carbocycles. The zero-order chi connectivity index (χ0) is 67.9. The minimum Gasteiger partial charge on any atom is -0.446 e. The van der Waals surface area contributed by atoms with Crippen molar-refractivity contribution in [1.29, 1.82) is 0 Å². The van der Waals surface area contributed by atoms with Crippen molar-refractivity contribution in [3.63, 3.8) is 0 Å². The van der Waals surface area contributed by atoms with Gasteiger partial charge in [0.05, 0.1) is 0 Å². The van der Waals surface area contributed by atoms with Crippen LogP contribution in [0, 0.1) is 0 Å². The first-order chi connectivity index (χ1) is 42.9. The van der Waals surface area contributed by atoms with Gasteiger partial charge in [-0.05, 0) is 160 Å². The first-order valence-electron chi connectivity index (χ1n) is 39.1. The van der Waals surface area contributed by atoms with E-state index in [2.05, 4.69) is 239 Å². The van der Waals surface area contributed by atoms with Gasteiger partial charge < -0.3 is 4.12 Å². The molecule has 0 unspecified atom stereocenters. The Bertz CT molecular complexity index is 2350. The smallest absolute Gasteiger partial charge is 0.229 e. The van der Waals surface area contributed by atoms with E-state index >= 15 is 0 Å². The summed E-state index contributed by atoms with van der Waals surface area (Å²) in [6.45, 7) is 61.4. The third-order valence-corrected chi connectivity index (χ3v) is 29.0. The third-order valence-electron chi connectivity index (χ3n) is 22.7. The molecule has 0 amide bonds. The molecule has 0 saturated carbocycles. The predicted octanol–water partition coefficient (Wildman–Crippen LogP) is 24.9. The summed E-state index contributed by atoms with van der Waals surface area (Å²) in [5.74, 6) is 0. The van der Waals surface area contributed by atoms with Crippen LogP contribution in [0.3, 0.4) is 0 Å². The van der Waals surface area contributed by atoms with Crippen LogP contribution in [0.2, 0.25) is 0 Å². The molecule has 516 valence electrons. The van der Waals surface area contributed by atoms with Gasteiger partial charge >= 0.3 is 0 Å². The van der Waals surface area contributed by atoms with E-state index in [4.69, 9.17) is 0 Å². The molecule has 4 aromatic rings. The van der Waals surface area contributed by atoms with Crippen LogP contribution in [-0.4, -0.2) is 18.1 Å². The molecule has 0 saturated heterocycles. The molecule has 0 N–H and O–H groups in total. The number of hydrogen-bond acceptors (Lipinski definition) is 1. The fraction of sp³-hybridized carbons (Fsp3) is 0.727. The Kier molecular flexibility index (Phi) is 32.9. The van der Waals surface area contributed by atoms with Crippen molar-refractivity contribution >= 4 is 38.8 Å². The van der Waals surface area contributed by atoms with E-state index in [0.29, 0.717) is 0 Å². The quantitative estimate of drug-likeness (QED) is 0.0316. The molecule has 0 bridgehead atoms. The Morgan fingerprint density at radius 1 is 0.220 bits per heavy atom. The molecular weight excluding hydrogens is 1130 g/mol. The molecular formula is C88H150OSi2. The van der Waals surface area contributed by atoms with Crippen molar-refractivity contribution in [1.82, 2.24) is 0 Å². The molecule has 0 aliphatic rings. The van der Waals surface area contributed by atoms with Crippen LogP contribution in [0.4, 0.5) is 0 Å². The second-order valence-corrected chi connectivity index (χ2v) is 39.8. The van der Waals surface area contributed by atoms with E-state index in [1.807, 2.05) is 0 Å². The van der Waals surface area contributed by atoms with Gasteiger partial charge in [0.25, 0.3) is 0 Å². The summed E-state index contributed by atoms with van der Waals surface area (Å²) in [5.41, 5.74) is 12.5. The molecule has 4 rings (SSSR count). The van der Waals surface area contributed by atoms with Gasteiger partial charge in [0, 0.05) is 0 Å². The maximum atomic E-state index is 9.58. The summed E-state index contributed by atoms with van der Waals surface area (Å²) in [7, 11) is -5.56. The maximum absolute atomic E-state index is 9.58. The second kappa shape index (κ2) is 37.1. The highest BCUT2D eigenvalue weighted by Crippen LogP contribution is 2.45. The highest BCUT2D eigenvalue weighted by atomic mass is 28.4. The van der Waals surface area contributed by atoms with Gasteiger partial charge in [-0.1, -0.05) is 393 Å². The van der Waals surface area contributed by atoms with E-state index in [9.17, 15) is 4.12 Å². The van der Waals surface area contributed by atoms with Gasteiger partial charge in [0.15, 0.2) is 0 Å². The van der Waals surface area contributed by atoms with Crippen molar-refractivity contribution in [2.45, 2.75) is 415 Å². The standard InChI is InChI=1S/C88H150OSi2/c1-25-33-41-61-81(9,10)69-53-49-57-73(77(69)85(17,18)65-45-37-29-5)90(74-58-50-54-70(82(11,12)62-42-34-26-2)78(74)86(19,20)66-46-38-30-6)89-91(75-59-51-55-71(83(13,14)63-43-35-27-3)79(75)87(21,22)67-47-39-31-7)76-60-52-56-72(84(15,16)64-44-36-28-4)80(76)88(23,24)68-48-40-32-8/h49-60,90-91H,25-48,61-68H2,1-24H3. The van der Waals surface area contributed by atoms with Crippen molar-refractivity contribution < 1.29 is 4.12 Å². The summed E-state index contributed by atoms with van der Waals surface area (Å²) in [5, 5.41) is 6.30. The molecule has 1 nitrogen and oxygen atoms in total. The number of benzene rings is 4. The summed E-state index contributed by atoms with van der Waals surface area (Å²) >= 11 is 0. The second-order valence-electron chi connectivity index (χ2n) is 34.7. The van der Waals surface area contributed by atoms with Crippen LogP contribution in [0.25, 0.3) is 0 Å². The molecule has 0 fully saturated rings. The lowest BCUT2D eigenvalue weighted by Gasteiger charge is -2.43. The number of hydrogen-bond donors (Lipinski definition) is 0. The lowest BCUT2D eigenvalue weighted by Crippen LogP contribution is -2.61. The van der Waals surface area contributed by atoms with Crippen LogP contribution >= 0.6 is 0 Å². The topological polar surface area (TPSA) is 9.23 Å². The van der Waals surface area contributed by atoms with Gasteiger partial charge in [-0.3, -0.25) is 0 Å². The molecule has 0 aliphatic heterocycles. The number of unbranched alkanes of at least 4 members (excludes halogenated alkanes) is 16. The van der Waals surface area contributed by atoms with Gasteiger partial charge in [-0.2, -0.15) is 0 Å². The van der Waals surface area contributed by atoms with Crippen LogP contribution in [0.15, 0.2) is 72.8 Å². The van der Waals surface area contributed by atoms with E-state index in [1.165, 1.54) is 205 Å². The zero-order valence-corrected chi connectivity index (χ0v) is 67.4. The first-order valence-corrected chi connectivity index (χ1v) is 42.3. The van der Waals surface area contributed by atoms with Gasteiger partial charge in [0.2, 0.25) is 18.1 Å². The number of rotatable bonds is 46. The fourth-order valence-corrected chi connectivity index (χ4v) is 25.3. The van der Waals surface area contributed by atoms with Crippen molar-refractivity contribution in [3.8, 4) is 0 Å². The lowest BCUT2D eigenvalue weighted by atomic mass is 9.70. The van der Waals surface area contributed by atoms with Crippen LogP contribution in [-0.2, 0) is 47.4 Å². The summed E-state index contributed by atoms with van der Waals surface area (Å²) < 4.78 is 9.58. The molecule has 0 aliphatic carbocycles. The summed E-state index contributed by atoms with van der Waals surface area (Å²) in [4.78, 5) is 0. The van der Waals surface area contributed by atoms with E-state index in [-0.39, 0.29) is 43.3 Å². The molecule has 0 atom stereocenters. The Morgan fingerprint density at radius 2 is 0.374 bits per heavy atom. The van der Waals surface area contributed by atoms with Crippen LogP contribution in [0.5, 0.6) is 0 Å². The molecule has 91 heavy (non-hydrogen) atoms. The maximum Gasteiger partial charge on any atom is 0.229 e. The molecule has 0 radical (unpaired) electrons. The zero-order valence-electron chi connectivity index (χ0n) is 65.1. The largest absolute Gasteiger partial charge is 0.446 e. The fourth-order valence-electron chi connectivity index (χ4n) is 16.8. The minimum absolute atomic E-state index is 0.00949. The predicted molar refractivity (Wildman–Crippen MR) is 417 cm³/mol. The van der Waals surface area contributed by atoms with Gasteiger partial charge in [0.1, 0.15) is 0 Å². The van der Waals surface area contributed by atoms with Crippen molar-refractivity contribution in [3.05, 3.63) is 117 Å². The molecule has 3 heteroatoms. The Morgan fingerprint density at radius 3 is 0.527 bits per heavy atom. The Labute approximate surface area is 571 Å². The summed E-state index contributed by atoms with van der Waals surface area (Å²) in [6.07, 6.45) is 39.5. The van der Waals surface area contributed by atoms with Crippen molar-refractivity contribution in [2.24, 2.45) is 0 Å². The summed E-state index contributed by atoms with van der Waals surface area (Å²) in [6, 6.07) is 31.3. The van der Waals surface area contributed by atoms with Gasteiger partial charge in [-0.15, -0.1) is 0 Å². The minimum atomic E-state index is -2.78. The van der Waals surface area contributed by atoms with Crippen molar-refractivity contribution in [2.75, 3.05) is 0 Å². The van der Waals surface area contributed by atoms with Crippen LogP contribution < -0.4 is 20.7 Å². The molecule has 0 heterocycles. The van der Waals surface area contributed by atoms with Gasteiger partial charge in [-0.25, -0.2) is 0 Å². The molecule has 0 spiro atoms. The SMILES string of the molecule is CCCCCC(C)(C)c1cccc([SiH](O[SiH](c2cccc(C(C)(C)CCCCC)c2C(C)(C)CCCCC)c2cccc(C(C)(C)CCCCC)c2C(C)(C)CCCCC)c2cccc(C(C)(C)CCCCC)c2C(C)(C)CCCCC)c1C(C)(C)CCCCC. The normalized spacial score (nSPS) is 13.4. The van der Waals surface area contributed by atoms with E-state index in [0.717, 1.165) is 0 Å². The first kappa shape index (κ1) is 80.7. The molecule has 0 aromatic heterocycles. The average Bonchev–Trinajstić information content (AvgIpc) is 1.18. The highest BCUT2D eigenvalue weighted by molar-refractivity contribution is 6.92. The average molecular weight is 1280 g/mol. The lowest BCUT2D eigenvalue weighted by molar-refractivity contribution is 0.409. The van der Waals surface area contributed by atoms with E-state index in [1.54, 1.807) is 65.3 Å². The monoisotopic (exact) mass is 1280 g/mol. The van der Waals surface area contributed by atoms with E-state index < -0.39 is 18.1 Å². The Hall–Kier alpha value is -2.73. The third kappa shape index (κ3) is 22.1. The Balaban J connectivity index is 2.59. The highest BCUT2D eigenvalue weighted by Gasteiger charge is 2.45. The van der Waals surface area contributed by atoms with Crippen LogP contribution in [0.1, 0.15) is 416 Å².